The van der Waals surface area contributed by atoms with Gasteiger partial charge in [-0.3, -0.25) is 4.79 Å². The molecular formula is C11H12F2O3. The van der Waals surface area contributed by atoms with E-state index in [2.05, 4.69) is 4.74 Å². The molecule has 0 aromatic heterocycles. The van der Waals surface area contributed by atoms with Gasteiger partial charge in [-0.05, 0) is 18.6 Å². The monoisotopic (exact) mass is 230 g/mol. The Bertz CT molecular complexity index is 404. The summed E-state index contributed by atoms with van der Waals surface area (Å²) in [6.07, 6.45) is -2.01. The van der Waals surface area contributed by atoms with Crippen molar-refractivity contribution in [1.82, 2.24) is 0 Å². The molecule has 0 bridgehead atoms. The van der Waals surface area contributed by atoms with E-state index in [0.29, 0.717) is 0 Å². The minimum atomic E-state index is -1.53. The van der Waals surface area contributed by atoms with Gasteiger partial charge in [-0.15, -0.1) is 0 Å². The van der Waals surface area contributed by atoms with Crippen LogP contribution in [0.5, 0.6) is 0 Å². The number of carbonyl (C=O) groups is 1. The molecule has 0 aliphatic heterocycles. The number of aliphatic hydroxyl groups excluding tert-OH is 1. The molecular weight excluding hydrogens is 218 g/mol. The van der Waals surface area contributed by atoms with E-state index in [-0.39, 0.29) is 5.56 Å². The Morgan fingerprint density at radius 3 is 2.69 bits per heavy atom. The highest BCUT2D eigenvalue weighted by molar-refractivity contribution is 5.70. The van der Waals surface area contributed by atoms with Gasteiger partial charge in [-0.25, -0.2) is 8.78 Å². The zero-order valence-corrected chi connectivity index (χ0v) is 8.96. The smallest absolute Gasteiger partial charge is 0.308 e. The fourth-order valence-corrected chi connectivity index (χ4v) is 1.33. The van der Waals surface area contributed by atoms with Gasteiger partial charge in [0.15, 0.2) is 0 Å². The molecule has 0 saturated carbocycles. The predicted molar refractivity (Wildman–Crippen MR) is 52.7 cm³/mol. The van der Waals surface area contributed by atoms with Crippen LogP contribution in [0.1, 0.15) is 23.7 Å². The van der Waals surface area contributed by atoms with Gasteiger partial charge in [0.1, 0.15) is 11.6 Å². The van der Waals surface area contributed by atoms with Crippen molar-refractivity contribution >= 4 is 5.97 Å². The molecule has 3 nitrogen and oxygen atoms in total. The molecule has 1 aromatic carbocycles. The lowest BCUT2D eigenvalue weighted by Gasteiger charge is -2.12. The van der Waals surface area contributed by atoms with E-state index in [9.17, 15) is 18.7 Å². The third-order valence-corrected chi connectivity index (χ3v) is 2.24. The fourth-order valence-electron chi connectivity index (χ4n) is 1.33. The van der Waals surface area contributed by atoms with Crippen molar-refractivity contribution in [2.75, 3.05) is 7.11 Å². The lowest BCUT2D eigenvalue weighted by Crippen LogP contribution is -2.12. The van der Waals surface area contributed by atoms with Crippen molar-refractivity contribution in [1.29, 1.82) is 0 Å². The molecule has 0 heterocycles. The Morgan fingerprint density at radius 2 is 2.12 bits per heavy atom. The summed E-state index contributed by atoms with van der Waals surface area (Å²) < 4.78 is 31.1. The minimum absolute atomic E-state index is 0.209. The molecule has 1 aromatic rings. The Labute approximate surface area is 91.7 Å². The molecule has 0 fully saturated rings. The number of carbonyl (C=O) groups excluding carboxylic acids is 1. The second-order valence-electron chi connectivity index (χ2n) is 3.39. The number of halogens is 2. The van der Waals surface area contributed by atoms with Crippen molar-refractivity contribution in [2.24, 2.45) is 0 Å². The van der Waals surface area contributed by atoms with E-state index in [1.54, 1.807) is 0 Å². The summed E-state index contributed by atoms with van der Waals surface area (Å²) in [6, 6.07) is 2.31. The van der Waals surface area contributed by atoms with Crippen molar-refractivity contribution < 1.29 is 23.4 Å². The molecule has 0 aliphatic carbocycles. The first-order valence-corrected chi connectivity index (χ1v) is 4.66. The fraction of sp³-hybridized carbons (Fsp3) is 0.364. The quantitative estimate of drug-likeness (QED) is 0.806. The third kappa shape index (κ3) is 2.55. The van der Waals surface area contributed by atoms with Crippen LogP contribution in [-0.4, -0.2) is 18.2 Å². The average molecular weight is 230 g/mol. The molecule has 1 unspecified atom stereocenters. The molecule has 0 saturated heterocycles. The van der Waals surface area contributed by atoms with Gasteiger partial charge in [0.25, 0.3) is 0 Å². The lowest BCUT2D eigenvalue weighted by molar-refractivity contribution is -0.142. The SMILES string of the molecule is COC(=O)CC(O)c1c(F)ccc(C)c1F. The van der Waals surface area contributed by atoms with E-state index in [1.807, 2.05) is 0 Å². The maximum absolute atomic E-state index is 13.5. The van der Waals surface area contributed by atoms with E-state index in [1.165, 1.54) is 13.0 Å². The van der Waals surface area contributed by atoms with Gasteiger partial charge in [-0.1, -0.05) is 6.07 Å². The van der Waals surface area contributed by atoms with E-state index in [0.717, 1.165) is 13.2 Å². The van der Waals surface area contributed by atoms with Crippen LogP contribution in [-0.2, 0) is 9.53 Å². The highest BCUT2D eigenvalue weighted by Gasteiger charge is 2.22. The van der Waals surface area contributed by atoms with Crippen LogP contribution < -0.4 is 0 Å². The van der Waals surface area contributed by atoms with Crippen LogP contribution in [0.4, 0.5) is 8.78 Å². The van der Waals surface area contributed by atoms with E-state index >= 15 is 0 Å². The third-order valence-electron chi connectivity index (χ3n) is 2.24. The van der Waals surface area contributed by atoms with Gasteiger partial charge >= 0.3 is 5.97 Å². The van der Waals surface area contributed by atoms with Crippen LogP contribution in [0.3, 0.4) is 0 Å². The summed E-state index contributed by atoms with van der Waals surface area (Å²) in [6.45, 7) is 1.45. The molecule has 0 spiro atoms. The number of hydrogen-bond acceptors (Lipinski definition) is 3. The number of hydrogen-bond donors (Lipinski definition) is 1. The van der Waals surface area contributed by atoms with E-state index < -0.39 is 35.7 Å². The zero-order valence-electron chi connectivity index (χ0n) is 8.96. The predicted octanol–water partition coefficient (Wildman–Crippen LogP) is 1.87. The van der Waals surface area contributed by atoms with Crippen LogP contribution >= 0.6 is 0 Å². The Hall–Kier alpha value is -1.49. The molecule has 5 heteroatoms. The molecule has 16 heavy (non-hydrogen) atoms. The molecule has 0 radical (unpaired) electrons. The Morgan fingerprint density at radius 1 is 1.50 bits per heavy atom. The van der Waals surface area contributed by atoms with Gasteiger partial charge in [0, 0.05) is 0 Å². The van der Waals surface area contributed by atoms with Crippen LogP contribution in [0, 0.1) is 18.6 Å². The molecule has 88 valence electrons. The summed E-state index contributed by atoms with van der Waals surface area (Å²) in [5.41, 5.74) is -0.286. The number of ether oxygens (including phenoxy) is 1. The van der Waals surface area contributed by atoms with Crippen LogP contribution in [0.15, 0.2) is 12.1 Å². The number of methoxy groups -OCH3 is 1. The van der Waals surface area contributed by atoms with Crippen molar-refractivity contribution in [3.8, 4) is 0 Å². The molecule has 0 aliphatic rings. The van der Waals surface area contributed by atoms with Gasteiger partial charge in [0.05, 0.1) is 25.2 Å². The highest BCUT2D eigenvalue weighted by Crippen LogP contribution is 2.25. The van der Waals surface area contributed by atoms with Gasteiger partial charge in [0.2, 0.25) is 0 Å². The van der Waals surface area contributed by atoms with Crippen molar-refractivity contribution in [3.05, 3.63) is 34.9 Å². The van der Waals surface area contributed by atoms with Crippen molar-refractivity contribution in [3.63, 3.8) is 0 Å². The molecule has 1 rings (SSSR count). The summed E-state index contributed by atoms with van der Waals surface area (Å²) >= 11 is 0. The Kier molecular flexibility index (Phi) is 3.95. The van der Waals surface area contributed by atoms with Crippen molar-refractivity contribution in [2.45, 2.75) is 19.4 Å². The largest absolute Gasteiger partial charge is 0.469 e. The maximum Gasteiger partial charge on any atom is 0.308 e. The van der Waals surface area contributed by atoms with Gasteiger partial charge in [-0.2, -0.15) is 0 Å². The lowest BCUT2D eigenvalue weighted by atomic mass is 10.0. The van der Waals surface area contributed by atoms with Crippen LogP contribution in [0.25, 0.3) is 0 Å². The normalized spacial score (nSPS) is 12.3. The number of aryl methyl sites for hydroxylation is 1. The summed E-state index contributed by atoms with van der Waals surface area (Å²) in [5.74, 6) is -2.44. The number of benzene rings is 1. The number of aliphatic hydroxyl groups is 1. The first-order valence-electron chi connectivity index (χ1n) is 4.66. The summed E-state index contributed by atoms with van der Waals surface area (Å²) in [4.78, 5) is 10.9. The van der Waals surface area contributed by atoms with Crippen LogP contribution in [0.2, 0.25) is 0 Å². The first kappa shape index (κ1) is 12.6. The Balaban J connectivity index is 3.03. The topological polar surface area (TPSA) is 46.5 Å². The average Bonchev–Trinajstić information content (AvgIpc) is 2.24. The standard InChI is InChI=1S/C11H12F2O3/c1-6-3-4-7(12)10(11(6)13)8(14)5-9(15)16-2/h3-4,8,14H,5H2,1-2H3. The number of rotatable bonds is 3. The maximum atomic E-state index is 13.5. The van der Waals surface area contributed by atoms with E-state index in [4.69, 9.17) is 0 Å². The second-order valence-corrected chi connectivity index (χ2v) is 3.39. The zero-order chi connectivity index (χ0) is 12.3. The molecule has 0 amide bonds. The molecule has 1 atom stereocenters. The highest BCUT2D eigenvalue weighted by atomic mass is 19.1. The summed E-state index contributed by atoms with van der Waals surface area (Å²) in [5, 5.41) is 9.53. The summed E-state index contributed by atoms with van der Waals surface area (Å²) in [7, 11) is 1.14. The first-order chi connectivity index (χ1) is 7.47. The second kappa shape index (κ2) is 5.03. The minimum Gasteiger partial charge on any atom is -0.469 e. The number of esters is 1. The molecule has 1 N–H and O–H groups in total. The van der Waals surface area contributed by atoms with Gasteiger partial charge < -0.3 is 9.84 Å².